The molecule has 11 heavy (non-hydrogen) atoms. The normalized spacial score (nSPS) is 23.2. The molecular formula is C11H22. The standard InChI is InChI=1S/C11H22/c1-4-6-10(3)11(7-5-2)8-9-11/h10H,4-9H2,1-3H3. The molecule has 1 unspecified atom stereocenters. The maximum Gasteiger partial charge on any atom is -0.0271 e. The van der Waals surface area contributed by atoms with Crippen molar-refractivity contribution in [2.45, 2.75) is 59.3 Å². The molecule has 0 spiro atoms. The minimum atomic E-state index is 0.810. The zero-order valence-electron chi connectivity index (χ0n) is 8.32. The van der Waals surface area contributed by atoms with E-state index in [9.17, 15) is 0 Å². The summed E-state index contributed by atoms with van der Waals surface area (Å²) in [6, 6.07) is 0. The van der Waals surface area contributed by atoms with Crippen LogP contribution in [-0.4, -0.2) is 0 Å². The molecule has 1 rings (SSSR count). The van der Waals surface area contributed by atoms with Crippen LogP contribution in [0.2, 0.25) is 0 Å². The Balaban J connectivity index is 2.31. The predicted octanol–water partition coefficient (Wildman–Crippen LogP) is 4.00. The first-order chi connectivity index (χ1) is 5.25. The molecule has 0 aromatic carbocycles. The van der Waals surface area contributed by atoms with Crippen LogP contribution in [-0.2, 0) is 0 Å². The Bertz CT molecular complexity index is 111. The van der Waals surface area contributed by atoms with Crippen LogP contribution < -0.4 is 0 Å². The van der Waals surface area contributed by atoms with Crippen molar-refractivity contribution in [2.75, 3.05) is 0 Å². The Morgan fingerprint density at radius 3 is 2.18 bits per heavy atom. The van der Waals surface area contributed by atoms with Gasteiger partial charge in [-0.05, 0) is 30.6 Å². The highest BCUT2D eigenvalue weighted by atomic mass is 14.5. The molecule has 0 amide bonds. The van der Waals surface area contributed by atoms with Gasteiger partial charge in [0.05, 0.1) is 0 Å². The Labute approximate surface area is 71.4 Å². The molecule has 0 bridgehead atoms. The van der Waals surface area contributed by atoms with Crippen molar-refractivity contribution < 1.29 is 0 Å². The van der Waals surface area contributed by atoms with Crippen LogP contribution in [0, 0.1) is 11.3 Å². The van der Waals surface area contributed by atoms with E-state index < -0.39 is 0 Å². The van der Waals surface area contributed by atoms with Crippen molar-refractivity contribution in [1.82, 2.24) is 0 Å². The van der Waals surface area contributed by atoms with E-state index >= 15 is 0 Å². The van der Waals surface area contributed by atoms with Gasteiger partial charge in [0, 0.05) is 0 Å². The average molecular weight is 154 g/mol. The molecule has 0 aromatic heterocycles. The Morgan fingerprint density at radius 2 is 1.82 bits per heavy atom. The van der Waals surface area contributed by atoms with Crippen LogP contribution in [0.3, 0.4) is 0 Å². The summed E-state index contributed by atoms with van der Waals surface area (Å²) in [5.74, 6) is 0.993. The van der Waals surface area contributed by atoms with Crippen molar-refractivity contribution in [1.29, 1.82) is 0 Å². The molecule has 0 aromatic rings. The molecule has 1 aliphatic rings. The summed E-state index contributed by atoms with van der Waals surface area (Å²) in [6.07, 6.45) is 8.71. The summed E-state index contributed by atoms with van der Waals surface area (Å²) < 4.78 is 0. The summed E-state index contributed by atoms with van der Waals surface area (Å²) in [7, 11) is 0. The molecule has 1 atom stereocenters. The first-order valence-electron chi connectivity index (χ1n) is 5.25. The first-order valence-corrected chi connectivity index (χ1v) is 5.25. The van der Waals surface area contributed by atoms with Crippen LogP contribution in [0.4, 0.5) is 0 Å². The van der Waals surface area contributed by atoms with Gasteiger partial charge in [0.1, 0.15) is 0 Å². The summed E-state index contributed by atoms with van der Waals surface area (Å²) in [4.78, 5) is 0. The Hall–Kier alpha value is 0. The van der Waals surface area contributed by atoms with E-state index in [2.05, 4.69) is 20.8 Å². The van der Waals surface area contributed by atoms with E-state index in [4.69, 9.17) is 0 Å². The number of rotatable bonds is 5. The maximum absolute atomic E-state index is 2.45. The molecule has 66 valence electrons. The van der Waals surface area contributed by atoms with Crippen molar-refractivity contribution in [3.8, 4) is 0 Å². The van der Waals surface area contributed by atoms with Crippen molar-refractivity contribution in [3.05, 3.63) is 0 Å². The van der Waals surface area contributed by atoms with Crippen molar-refractivity contribution >= 4 is 0 Å². The second kappa shape index (κ2) is 3.60. The van der Waals surface area contributed by atoms with Gasteiger partial charge in [-0.15, -0.1) is 0 Å². The molecule has 0 saturated heterocycles. The smallest absolute Gasteiger partial charge is 0.0271 e. The summed E-state index contributed by atoms with van der Waals surface area (Å²) in [6.45, 7) is 7.07. The van der Waals surface area contributed by atoms with Gasteiger partial charge in [-0.25, -0.2) is 0 Å². The highest BCUT2D eigenvalue weighted by Gasteiger charge is 2.45. The van der Waals surface area contributed by atoms with E-state index in [-0.39, 0.29) is 0 Å². The summed E-state index contributed by atoms with van der Waals surface area (Å²) in [5, 5.41) is 0. The lowest BCUT2D eigenvalue weighted by molar-refractivity contribution is 0.288. The molecule has 1 saturated carbocycles. The van der Waals surface area contributed by atoms with Crippen LogP contribution >= 0.6 is 0 Å². The molecule has 0 radical (unpaired) electrons. The Kier molecular flexibility index (Phi) is 2.98. The molecule has 1 fully saturated rings. The topological polar surface area (TPSA) is 0 Å². The Morgan fingerprint density at radius 1 is 1.18 bits per heavy atom. The highest BCUT2D eigenvalue weighted by Crippen LogP contribution is 2.56. The third-order valence-corrected chi connectivity index (χ3v) is 3.41. The SMILES string of the molecule is CCCC(C)C1(CCC)CC1. The van der Waals surface area contributed by atoms with E-state index in [0.29, 0.717) is 0 Å². The largest absolute Gasteiger partial charge is 0.0654 e. The lowest BCUT2D eigenvalue weighted by atomic mass is 9.84. The molecule has 0 nitrogen and oxygen atoms in total. The van der Waals surface area contributed by atoms with Crippen LogP contribution in [0.1, 0.15) is 59.3 Å². The predicted molar refractivity (Wildman–Crippen MR) is 50.6 cm³/mol. The quantitative estimate of drug-likeness (QED) is 0.561. The van der Waals surface area contributed by atoms with Gasteiger partial charge in [-0.2, -0.15) is 0 Å². The lowest BCUT2D eigenvalue weighted by Gasteiger charge is -2.22. The summed E-state index contributed by atoms with van der Waals surface area (Å²) >= 11 is 0. The van der Waals surface area contributed by atoms with Crippen LogP contribution in [0.5, 0.6) is 0 Å². The van der Waals surface area contributed by atoms with Gasteiger partial charge in [-0.1, -0.05) is 40.0 Å². The van der Waals surface area contributed by atoms with Gasteiger partial charge >= 0.3 is 0 Å². The molecule has 0 N–H and O–H groups in total. The molecular weight excluding hydrogens is 132 g/mol. The minimum Gasteiger partial charge on any atom is -0.0654 e. The average Bonchev–Trinajstić information content (AvgIpc) is 2.71. The van der Waals surface area contributed by atoms with E-state index in [0.717, 1.165) is 11.3 Å². The van der Waals surface area contributed by atoms with Gasteiger partial charge in [0.15, 0.2) is 0 Å². The van der Waals surface area contributed by atoms with Crippen LogP contribution in [0.25, 0.3) is 0 Å². The zero-order chi connectivity index (χ0) is 8.32. The fraction of sp³-hybridized carbons (Fsp3) is 1.00. The van der Waals surface area contributed by atoms with Gasteiger partial charge in [-0.3, -0.25) is 0 Å². The molecule has 0 aliphatic heterocycles. The van der Waals surface area contributed by atoms with Crippen LogP contribution in [0.15, 0.2) is 0 Å². The molecule has 0 heteroatoms. The summed E-state index contributed by atoms with van der Waals surface area (Å²) in [5.41, 5.74) is 0.810. The highest BCUT2D eigenvalue weighted by molar-refractivity contribution is 4.95. The maximum atomic E-state index is 2.45. The third kappa shape index (κ3) is 1.98. The second-order valence-electron chi connectivity index (χ2n) is 4.30. The van der Waals surface area contributed by atoms with E-state index in [1.807, 2.05) is 0 Å². The molecule has 0 heterocycles. The lowest BCUT2D eigenvalue weighted by Crippen LogP contribution is -2.12. The minimum absolute atomic E-state index is 0.810. The van der Waals surface area contributed by atoms with Gasteiger partial charge < -0.3 is 0 Å². The second-order valence-corrected chi connectivity index (χ2v) is 4.30. The monoisotopic (exact) mass is 154 g/mol. The fourth-order valence-electron chi connectivity index (χ4n) is 2.39. The van der Waals surface area contributed by atoms with Gasteiger partial charge in [0.25, 0.3) is 0 Å². The van der Waals surface area contributed by atoms with Crippen molar-refractivity contribution in [2.24, 2.45) is 11.3 Å². The number of hydrogen-bond acceptors (Lipinski definition) is 0. The zero-order valence-corrected chi connectivity index (χ0v) is 8.32. The van der Waals surface area contributed by atoms with E-state index in [1.165, 1.54) is 38.5 Å². The van der Waals surface area contributed by atoms with Gasteiger partial charge in [0.2, 0.25) is 0 Å². The molecule has 1 aliphatic carbocycles. The number of hydrogen-bond donors (Lipinski definition) is 0. The van der Waals surface area contributed by atoms with E-state index in [1.54, 1.807) is 0 Å². The third-order valence-electron chi connectivity index (χ3n) is 3.41. The first kappa shape index (κ1) is 9.09. The van der Waals surface area contributed by atoms with Crippen molar-refractivity contribution in [3.63, 3.8) is 0 Å². The fourth-order valence-corrected chi connectivity index (χ4v) is 2.39.